The Morgan fingerprint density at radius 3 is 2.54 bits per heavy atom. The van der Waals surface area contributed by atoms with Crippen molar-refractivity contribution in [3.8, 4) is 5.75 Å². The topological polar surface area (TPSA) is 63.2 Å². The molecular formula is C22H32O6. The number of rotatable bonds is 11. The second-order valence-corrected chi connectivity index (χ2v) is 7.02. The molecular weight excluding hydrogens is 360 g/mol. The zero-order valence-corrected chi connectivity index (χ0v) is 17.3. The van der Waals surface area contributed by atoms with E-state index >= 15 is 0 Å². The van der Waals surface area contributed by atoms with Crippen molar-refractivity contribution in [1.29, 1.82) is 0 Å². The predicted octanol–water partition coefficient (Wildman–Crippen LogP) is 3.53. The lowest BCUT2D eigenvalue weighted by molar-refractivity contribution is -0.145. The summed E-state index contributed by atoms with van der Waals surface area (Å²) in [5.41, 5.74) is 1.11. The van der Waals surface area contributed by atoms with E-state index in [0.29, 0.717) is 13.2 Å². The maximum absolute atomic E-state index is 11.5. The quantitative estimate of drug-likeness (QED) is 0.326. The van der Waals surface area contributed by atoms with Crippen molar-refractivity contribution in [2.45, 2.75) is 51.1 Å². The molecule has 156 valence electrons. The van der Waals surface area contributed by atoms with E-state index in [1.54, 1.807) is 14.2 Å². The fourth-order valence-electron chi connectivity index (χ4n) is 3.17. The number of ether oxygens (including phenoxy) is 5. The summed E-state index contributed by atoms with van der Waals surface area (Å²) in [5.74, 6) is 0.842. The lowest BCUT2D eigenvalue weighted by Crippen LogP contribution is -2.35. The third kappa shape index (κ3) is 7.26. The third-order valence-electron chi connectivity index (χ3n) is 5.00. The summed E-state index contributed by atoms with van der Waals surface area (Å²) in [6.07, 6.45) is 5.62. The van der Waals surface area contributed by atoms with E-state index in [9.17, 15) is 4.79 Å². The summed E-state index contributed by atoms with van der Waals surface area (Å²) >= 11 is 0. The van der Waals surface area contributed by atoms with E-state index in [2.05, 4.69) is 13.0 Å². The Morgan fingerprint density at radius 1 is 1.14 bits per heavy atom. The van der Waals surface area contributed by atoms with Gasteiger partial charge >= 0.3 is 5.97 Å². The molecule has 0 bridgehead atoms. The molecule has 0 radical (unpaired) electrons. The predicted molar refractivity (Wildman–Crippen MR) is 106 cm³/mol. The number of hydrogen-bond donors (Lipinski definition) is 0. The number of esters is 1. The van der Waals surface area contributed by atoms with Gasteiger partial charge in [-0.3, -0.25) is 4.79 Å². The van der Waals surface area contributed by atoms with Crippen molar-refractivity contribution in [3.05, 3.63) is 42.0 Å². The molecule has 1 aromatic carbocycles. The summed E-state index contributed by atoms with van der Waals surface area (Å²) in [6.45, 7) is 3.27. The summed E-state index contributed by atoms with van der Waals surface area (Å²) in [6, 6.07) is 7.85. The van der Waals surface area contributed by atoms with Crippen LogP contribution in [0.25, 0.3) is 0 Å². The highest BCUT2D eigenvalue weighted by Crippen LogP contribution is 2.25. The highest BCUT2D eigenvalue weighted by Gasteiger charge is 2.28. The molecule has 6 nitrogen and oxygen atoms in total. The van der Waals surface area contributed by atoms with Gasteiger partial charge in [0.1, 0.15) is 5.75 Å². The van der Waals surface area contributed by atoms with Crippen LogP contribution in [0.1, 0.15) is 31.7 Å². The molecule has 1 aromatic rings. The zero-order chi connectivity index (χ0) is 20.4. The first-order chi connectivity index (χ1) is 13.5. The fourth-order valence-corrected chi connectivity index (χ4v) is 3.17. The first-order valence-corrected chi connectivity index (χ1v) is 9.69. The largest absolute Gasteiger partial charge is 0.497 e. The molecule has 0 saturated carbocycles. The maximum Gasteiger partial charge on any atom is 0.308 e. The van der Waals surface area contributed by atoms with Crippen LogP contribution in [0.2, 0.25) is 0 Å². The van der Waals surface area contributed by atoms with Crippen molar-refractivity contribution >= 4 is 5.97 Å². The van der Waals surface area contributed by atoms with Gasteiger partial charge in [0, 0.05) is 26.1 Å². The third-order valence-corrected chi connectivity index (χ3v) is 5.00. The SMILES string of the molecule is COC(=O)C[C@@H]1C=C[C@H](C)[C@@H](C[C@H](CCOCc2ccc(OC)cc2)OC)O1. The lowest BCUT2D eigenvalue weighted by atomic mass is 9.94. The first kappa shape index (κ1) is 22.4. The van der Waals surface area contributed by atoms with Crippen molar-refractivity contribution < 1.29 is 28.5 Å². The van der Waals surface area contributed by atoms with Crippen LogP contribution in [0.5, 0.6) is 5.75 Å². The summed E-state index contributed by atoms with van der Waals surface area (Å²) in [4.78, 5) is 11.5. The van der Waals surface area contributed by atoms with Crippen LogP contribution in [0, 0.1) is 5.92 Å². The highest BCUT2D eigenvalue weighted by molar-refractivity contribution is 5.70. The summed E-state index contributed by atoms with van der Waals surface area (Å²) in [5, 5.41) is 0. The van der Waals surface area contributed by atoms with Gasteiger partial charge in [0.2, 0.25) is 0 Å². The van der Waals surface area contributed by atoms with Gasteiger partial charge in [-0.15, -0.1) is 0 Å². The van der Waals surface area contributed by atoms with Crippen LogP contribution < -0.4 is 4.74 Å². The van der Waals surface area contributed by atoms with Crippen LogP contribution in [0.4, 0.5) is 0 Å². The molecule has 0 unspecified atom stereocenters. The van der Waals surface area contributed by atoms with Crippen LogP contribution in [-0.2, 0) is 30.3 Å². The van der Waals surface area contributed by atoms with Crippen LogP contribution >= 0.6 is 0 Å². The molecule has 0 N–H and O–H groups in total. The average Bonchev–Trinajstić information content (AvgIpc) is 2.72. The monoisotopic (exact) mass is 392 g/mol. The molecule has 0 aromatic heterocycles. The standard InChI is InChI=1S/C22H32O6/c1-16-5-8-20(14-22(23)26-4)28-21(16)13-19(25-3)11-12-27-15-17-6-9-18(24-2)10-7-17/h5-10,16,19-21H,11-15H2,1-4H3/t16-,19-,20-,21+/m0/s1. The van der Waals surface area contributed by atoms with E-state index < -0.39 is 0 Å². The molecule has 28 heavy (non-hydrogen) atoms. The molecule has 4 atom stereocenters. The Morgan fingerprint density at radius 2 is 1.89 bits per heavy atom. The highest BCUT2D eigenvalue weighted by atomic mass is 16.5. The normalized spacial score (nSPS) is 22.6. The first-order valence-electron chi connectivity index (χ1n) is 9.69. The fraction of sp³-hybridized carbons (Fsp3) is 0.591. The average molecular weight is 392 g/mol. The van der Waals surface area contributed by atoms with Crippen LogP contribution in [0.15, 0.2) is 36.4 Å². The Labute approximate surface area is 167 Å². The number of benzene rings is 1. The molecule has 2 rings (SSSR count). The number of methoxy groups -OCH3 is 3. The van der Waals surface area contributed by atoms with E-state index in [4.69, 9.17) is 23.7 Å². The lowest BCUT2D eigenvalue weighted by Gasteiger charge is -2.32. The Bertz CT molecular complexity index is 612. The molecule has 6 heteroatoms. The van der Waals surface area contributed by atoms with Crippen LogP contribution in [-0.4, -0.2) is 52.2 Å². The molecule has 0 spiro atoms. The zero-order valence-electron chi connectivity index (χ0n) is 17.3. The van der Waals surface area contributed by atoms with Gasteiger partial charge in [-0.2, -0.15) is 0 Å². The van der Waals surface area contributed by atoms with E-state index in [0.717, 1.165) is 24.2 Å². The minimum Gasteiger partial charge on any atom is -0.497 e. The van der Waals surface area contributed by atoms with Gasteiger partial charge in [-0.25, -0.2) is 0 Å². The van der Waals surface area contributed by atoms with Crippen molar-refractivity contribution in [3.63, 3.8) is 0 Å². The van der Waals surface area contributed by atoms with Gasteiger partial charge in [0.05, 0.1) is 45.6 Å². The smallest absolute Gasteiger partial charge is 0.308 e. The molecule has 1 aliphatic heterocycles. The molecule has 0 fully saturated rings. The molecule has 0 aliphatic carbocycles. The number of carbonyl (C=O) groups excluding carboxylic acids is 1. The molecule has 1 aliphatic rings. The van der Waals surface area contributed by atoms with Crippen LogP contribution in [0.3, 0.4) is 0 Å². The molecule has 0 saturated heterocycles. The van der Waals surface area contributed by atoms with E-state index in [1.165, 1.54) is 7.11 Å². The Hall–Kier alpha value is -1.89. The van der Waals surface area contributed by atoms with Gasteiger partial charge in [0.25, 0.3) is 0 Å². The van der Waals surface area contributed by atoms with Gasteiger partial charge in [-0.05, 0) is 24.1 Å². The van der Waals surface area contributed by atoms with Gasteiger partial charge < -0.3 is 23.7 Å². The summed E-state index contributed by atoms with van der Waals surface area (Å²) in [7, 11) is 4.76. The van der Waals surface area contributed by atoms with Gasteiger partial charge in [0.15, 0.2) is 0 Å². The molecule has 0 amide bonds. The molecule has 1 heterocycles. The van der Waals surface area contributed by atoms with E-state index in [1.807, 2.05) is 30.3 Å². The minimum atomic E-state index is -0.266. The van der Waals surface area contributed by atoms with E-state index in [-0.39, 0.29) is 36.6 Å². The van der Waals surface area contributed by atoms with Crippen molar-refractivity contribution in [2.24, 2.45) is 5.92 Å². The second-order valence-electron chi connectivity index (χ2n) is 7.02. The Kier molecular flexibility index (Phi) is 9.47. The minimum absolute atomic E-state index is 0.00574. The van der Waals surface area contributed by atoms with Crippen molar-refractivity contribution in [1.82, 2.24) is 0 Å². The van der Waals surface area contributed by atoms with Gasteiger partial charge in [-0.1, -0.05) is 31.2 Å². The number of hydrogen-bond acceptors (Lipinski definition) is 6. The maximum atomic E-state index is 11.5. The Balaban J connectivity index is 1.74. The second kappa shape index (κ2) is 11.8. The summed E-state index contributed by atoms with van der Waals surface area (Å²) < 4.78 is 27.4. The number of carbonyl (C=O) groups is 1. The van der Waals surface area contributed by atoms with Crippen molar-refractivity contribution in [2.75, 3.05) is 27.9 Å².